The number of hydrogen-bond acceptors (Lipinski definition) is 4. The summed E-state index contributed by atoms with van der Waals surface area (Å²) in [5.41, 5.74) is 2.87. The molecule has 0 N–H and O–H groups in total. The summed E-state index contributed by atoms with van der Waals surface area (Å²) in [6.45, 7) is 2.96. The summed E-state index contributed by atoms with van der Waals surface area (Å²) in [5, 5.41) is 0.648. The Morgan fingerprint density at radius 3 is 2.38 bits per heavy atom. The molecular weight excluding hydrogens is 504 g/mol. The van der Waals surface area contributed by atoms with Crippen LogP contribution in [0.4, 0.5) is 0 Å². The minimum Gasteiger partial charge on any atom is -0.303 e. The van der Waals surface area contributed by atoms with E-state index in [9.17, 15) is 13.2 Å². The van der Waals surface area contributed by atoms with Gasteiger partial charge in [0.2, 0.25) is 10.0 Å². The van der Waals surface area contributed by atoms with E-state index in [-0.39, 0.29) is 11.3 Å². The van der Waals surface area contributed by atoms with Crippen molar-refractivity contribution in [2.24, 2.45) is 5.41 Å². The zero-order chi connectivity index (χ0) is 26.0. The maximum absolute atomic E-state index is 13.2. The summed E-state index contributed by atoms with van der Waals surface area (Å²) in [5.74, 6) is 0.308. The molecule has 0 unspecified atom stereocenters. The van der Waals surface area contributed by atoms with Crippen LogP contribution in [0, 0.1) is 5.41 Å². The Kier molecular flexibility index (Phi) is 7.55. The molecule has 1 saturated heterocycles. The first-order valence-electron chi connectivity index (χ1n) is 12.9. The number of likely N-dealkylation sites (N-methyl/N-ethyl adjacent to an activating group) is 1. The van der Waals surface area contributed by atoms with Crippen LogP contribution in [0.15, 0.2) is 83.8 Å². The number of nitrogens with zero attached hydrogens (tertiary/aromatic N) is 2. The zero-order valence-electron chi connectivity index (χ0n) is 21.1. The topological polar surface area (TPSA) is 57.7 Å². The Hall–Kier alpha value is -2.51. The summed E-state index contributed by atoms with van der Waals surface area (Å²) in [7, 11) is -1.95. The van der Waals surface area contributed by atoms with Gasteiger partial charge in [-0.2, -0.15) is 0 Å². The van der Waals surface area contributed by atoms with Crippen molar-refractivity contribution in [3.8, 4) is 0 Å². The van der Waals surface area contributed by atoms with Gasteiger partial charge in [0.1, 0.15) is 0 Å². The number of hydrogen-bond donors (Lipinski definition) is 0. The van der Waals surface area contributed by atoms with Crippen molar-refractivity contribution in [1.29, 1.82) is 0 Å². The van der Waals surface area contributed by atoms with Crippen molar-refractivity contribution in [2.75, 3.05) is 33.2 Å². The number of rotatable bonds is 8. The second-order valence-electron chi connectivity index (χ2n) is 10.4. The summed E-state index contributed by atoms with van der Waals surface area (Å²) in [6.07, 6.45) is 3.38. The van der Waals surface area contributed by atoms with Crippen molar-refractivity contribution >= 4 is 27.4 Å². The third-order valence-electron chi connectivity index (χ3n) is 8.13. The number of sulfonamides is 1. The van der Waals surface area contributed by atoms with E-state index < -0.39 is 10.0 Å². The number of piperidine rings is 1. The summed E-state index contributed by atoms with van der Waals surface area (Å²) < 4.78 is 27.8. The predicted molar refractivity (Wildman–Crippen MR) is 148 cm³/mol. The first-order chi connectivity index (χ1) is 17.8. The number of benzene rings is 3. The van der Waals surface area contributed by atoms with Gasteiger partial charge in [-0.1, -0.05) is 66.2 Å². The van der Waals surface area contributed by atoms with Gasteiger partial charge < -0.3 is 4.90 Å². The summed E-state index contributed by atoms with van der Waals surface area (Å²) in [4.78, 5) is 15.9. The van der Waals surface area contributed by atoms with Gasteiger partial charge in [0.25, 0.3) is 0 Å². The molecule has 1 heterocycles. The van der Waals surface area contributed by atoms with Crippen LogP contribution < -0.4 is 0 Å². The molecule has 1 fully saturated rings. The molecule has 37 heavy (non-hydrogen) atoms. The van der Waals surface area contributed by atoms with E-state index in [0.29, 0.717) is 22.2 Å². The van der Waals surface area contributed by atoms with Crippen molar-refractivity contribution in [3.05, 3.63) is 101 Å². The molecule has 194 valence electrons. The molecule has 1 spiro atoms. The molecule has 3 aromatic carbocycles. The van der Waals surface area contributed by atoms with Crippen LogP contribution in [0.3, 0.4) is 0 Å². The lowest BCUT2D eigenvalue weighted by molar-refractivity contribution is 0.0629. The van der Waals surface area contributed by atoms with Crippen molar-refractivity contribution < 1.29 is 13.2 Å². The Balaban J connectivity index is 1.26. The Labute approximate surface area is 225 Å². The van der Waals surface area contributed by atoms with Crippen LogP contribution >= 0.6 is 11.6 Å². The molecule has 5 nitrogen and oxygen atoms in total. The first kappa shape index (κ1) is 26.1. The Morgan fingerprint density at radius 2 is 1.68 bits per heavy atom. The number of ketones is 1. The lowest BCUT2D eigenvalue weighted by atomic mass is 9.75. The average Bonchev–Trinajstić information content (AvgIpc) is 3.18. The fourth-order valence-corrected chi connectivity index (χ4v) is 7.31. The smallest absolute Gasteiger partial charge is 0.242 e. The van der Waals surface area contributed by atoms with Gasteiger partial charge in [-0.25, -0.2) is 12.7 Å². The minimum atomic E-state index is -3.59. The largest absolute Gasteiger partial charge is 0.303 e. The standard InChI is InChI=1S/C30H33ClN2O3S/c1-32(37(35,36)27-11-3-2-4-12-27)22-25(23-9-7-10-26(31)20-23)14-17-33-18-15-30(16-19-33)21-24-8-5-6-13-28(24)29(30)34/h2-13,20,25H,14-19,21-22H2,1H3/t25-/m1/s1. The lowest BCUT2D eigenvalue weighted by Gasteiger charge is -2.38. The van der Waals surface area contributed by atoms with Gasteiger partial charge in [0.05, 0.1) is 4.90 Å². The van der Waals surface area contributed by atoms with Gasteiger partial charge in [0, 0.05) is 29.6 Å². The highest BCUT2D eigenvalue weighted by Gasteiger charge is 2.46. The fourth-order valence-electron chi connectivity index (χ4n) is 5.88. The first-order valence-corrected chi connectivity index (χ1v) is 14.7. The van der Waals surface area contributed by atoms with E-state index in [0.717, 1.165) is 56.4 Å². The molecule has 5 rings (SSSR count). The molecule has 7 heteroatoms. The molecule has 0 radical (unpaired) electrons. The van der Waals surface area contributed by atoms with E-state index in [1.165, 1.54) is 9.87 Å². The highest BCUT2D eigenvalue weighted by molar-refractivity contribution is 7.89. The molecule has 1 aliphatic heterocycles. The second kappa shape index (κ2) is 10.7. The van der Waals surface area contributed by atoms with Crippen molar-refractivity contribution in [3.63, 3.8) is 0 Å². The van der Waals surface area contributed by atoms with Gasteiger partial charge in [0.15, 0.2) is 5.78 Å². The van der Waals surface area contributed by atoms with Crippen LogP contribution in [-0.2, 0) is 16.4 Å². The van der Waals surface area contributed by atoms with Crippen LogP contribution in [0.5, 0.6) is 0 Å². The Bertz CT molecular complexity index is 1370. The fraction of sp³-hybridized carbons (Fsp3) is 0.367. The molecule has 0 aromatic heterocycles. The molecule has 0 amide bonds. The number of carbonyl (C=O) groups is 1. The number of Topliss-reactive ketones (excluding diaryl/α,β-unsaturated/α-hetero) is 1. The van der Waals surface area contributed by atoms with E-state index in [1.54, 1.807) is 31.3 Å². The van der Waals surface area contributed by atoms with E-state index in [2.05, 4.69) is 11.0 Å². The van der Waals surface area contributed by atoms with Crippen LogP contribution in [-0.4, -0.2) is 56.6 Å². The number of carbonyl (C=O) groups excluding carboxylic acids is 1. The number of fused-ring (bicyclic) bond motifs is 1. The Morgan fingerprint density at radius 1 is 0.973 bits per heavy atom. The summed E-state index contributed by atoms with van der Waals surface area (Å²) in [6, 6.07) is 24.3. The van der Waals surface area contributed by atoms with Crippen LogP contribution in [0.25, 0.3) is 0 Å². The molecule has 1 aliphatic carbocycles. The lowest BCUT2D eigenvalue weighted by Crippen LogP contribution is -2.44. The minimum absolute atomic E-state index is 0.00422. The average molecular weight is 537 g/mol. The monoisotopic (exact) mass is 536 g/mol. The highest BCUT2D eigenvalue weighted by atomic mass is 35.5. The maximum atomic E-state index is 13.2. The summed E-state index contributed by atoms with van der Waals surface area (Å²) >= 11 is 6.31. The quantitative estimate of drug-likeness (QED) is 0.373. The van der Waals surface area contributed by atoms with Crippen LogP contribution in [0.1, 0.15) is 46.7 Å². The third kappa shape index (κ3) is 5.39. The van der Waals surface area contributed by atoms with E-state index >= 15 is 0 Å². The van der Waals surface area contributed by atoms with E-state index in [4.69, 9.17) is 11.6 Å². The number of halogens is 1. The highest BCUT2D eigenvalue weighted by Crippen LogP contribution is 2.44. The SMILES string of the molecule is CN(C[C@@H](CCN1CCC2(CC1)Cc1ccccc1C2=O)c1cccc(Cl)c1)S(=O)(=O)c1ccccc1. The van der Waals surface area contributed by atoms with Crippen molar-refractivity contribution in [2.45, 2.75) is 36.5 Å². The van der Waals surface area contributed by atoms with Crippen LogP contribution in [0.2, 0.25) is 5.02 Å². The molecule has 1 atom stereocenters. The van der Waals surface area contributed by atoms with Gasteiger partial charge >= 0.3 is 0 Å². The van der Waals surface area contributed by atoms with Gasteiger partial charge in [-0.15, -0.1) is 0 Å². The van der Waals surface area contributed by atoms with Crippen molar-refractivity contribution in [1.82, 2.24) is 9.21 Å². The molecule has 2 aliphatic rings. The predicted octanol–water partition coefficient (Wildman–Crippen LogP) is 5.66. The molecule has 3 aromatic rings. The molecule has 0 saturated carbocycles. The molecular formula is C30H33ClN2O3S. The number of likely N-dealkylation sites (tertiary alicyclic amines) is 1. The zero-order valence-corrected chi connectivity index (χ0v) is 22.7. The maximum Gasteiger partial charge on any atom is 0.242 e. The van der Waals surface area contributed by atoms with E-state index in [1.807, 2.05) is 48.5 Å². The third-order valence-corrected chi connectivity index (χ3v) is 10.2. The van der Waals surface area contributed by atoms with Gasteiger partial charge in [-0.05, 0) is 86.6 Å². The normalized spacial score (nSPS) is 18.3. The second-order valence-corrected chi connectivity index (χ2v) is 12.9. The van der Waals surface area contributed by atoms with Gasteiger partial charge in [-0.3, -0.25) is 4.79 Å². The molecule has 0 bridgehead atoms.